The second kappa shape index (κ2) is 7.25. The Hall–Kier alpha value is -1.60. The minimum Gasteiger partial charge on any atom is -0.392 e. The highest BCUT2D eigenvalue weighted by Crippen LogP contribution is 2.33. The van der Waals surface area contributed by atoms with Gasteiger partial charge in [0.05, 0.1) is 15.9 Å². The Bertz CT molecular complexity index is 505. The number of carbonyl (C=O) groups is 1. The van der Waals surface area contributed by atoms with Gasteiger partial charge < -0.3 is 10.4 Å². The topological polar surface area (TPSA) is 92.5 Å². The monoisotopic (exact) mass is 298 g/mol. The summed E-state index contributed by atoms with van der Waals surface area (Å²) in [6, 6.07) is 4.36. The minimum absolute atomic E-state index is 0.119. The van der Waals surface area contributed by atoms with Crippen molar-refractivity contribution < 1.29 is 14.8 Å². The molecule has 1 rings (SSSR count). The van der Waals surface area contributed by atoms with Crippen LogP contribution in [0.1, 0.15) is 31.1 Å². The van der Waals surface area contributed by atoms with E-state index in [0.717, 1.165) is 0 Å². The summed E-state index contributed by atoms with van der Waals surface area (Å²) in [5.41, 5.74) is 0.138. The summed E-state index contributed by atoms with van der Waals surface area (Å²) in [7, 11) is 0. The van der Waals surface area contributed by atoms with Crippen LogP contribution >= 0.6 is 11.8 Å². The van der Waals surface area contributed by atoms with Gasteiger partial charge in [-0.2, -0.15) is 0 Å². The Labute approximate surface area is 121 Å². The summed E-state index contributed by atoms with van der Waals surface area (Å²) in [6.07, 6.45) is -0.581. The zero-order valence-electron chi connectivity index (χ0n) is 11.6. The van der Waals surface area contributed by atoms with Gasteiger partial charge in [0.2, 0.25) is 0 Å². The Balaban J connectivity index is 3.08. The van der Waals surface area contributed by atoms with Crippen LogP contribution in [0.4, 0.5) is 5.69 Å². The van der Waals surface area contributed by atoms with E-state index >= 15 is 0 Å². The van der Waals surface area contributed by atoms with Crippen molar-refractivity contribution in [3.8, 4) is 0 Å². The second-order valence-electron chi connectivity index (χ2n) is 4.36. The number of rotatable bonds is 6. The van der Waals surface area contributed by atoms with Crippen molar-refractivity contribution in [3.05, 3.63) is 33.9 Å². The molecule has 0 fully saturated rings. The summed E-state index contributed by atoms with van der Waals surface area (Å²) < 4.78 is 0. The number of nitro groups is 1. The molecule has 0 bridgehead atoms. The Morgan fingerprint density at radius 2 is 2.15 bits per heavy atom. The number of nitro benzene ring substituents is 1. The molecule has 20 heavy (non-hydrogen) atoms. The molecule has 0 aliphatic carbocycles. The molecule has 0 saturated heterocycles. The third-order valence-corrected chi connectivity index (χ3v) is 4.11. The average Bonchev–Trinajstić information content (AvgIpc) is 2.38. The molecule has 2 N–H and O–H groups in total. The molecule has 0 aliphatic heterocycles. The number of aliphatic hydroxyl groups excluding tert-OH is 1. The van der Waals surface area contributed by atoms with Gasteiger partial charge in [0.15, 0.2) is 0 Å². The molecule has 0 saturated carbocycles. The van der Waals surface area contributed by atoms with Crippen molar-refractivity contribution >= 4 is 23.4 Å². The first-order valence-electron chi connectivity index (χ1n) is 6.28. The summed E-state index contributed by atoms with van der Waals surface area (Å²) in [5, 5.41) is 23.0. The predicted molar refractivity (Wildman–Crippen MR) is 78.1 cm³/mol. The molecule has 110 valence electrons. The summed E-state index contributed by atoms with van der Waals surface area (Å²) >= 11 is 1.22. The molecule has 1 amide bonds. The van der Waals surface area contributed by atoms with Gasteiger partial charge in [0, 0.05) is 23.4 Å². The first kappa shape index (κ1) is 16.5. The van der Waals surface area contributed by atoms with E-state index in [1.54, 1.807) is 32.9 Å². The molecule has 1 aromatic carbocycles. The zero-order chi connectivity index (χ0) is 15.3. The molecule has 2 unspecified atom stereocenters. The van der Waals surface area contributed by atoms with Crippen LogP contribution in [0.3, 0.4) is 0 Å². The molecule has 0 heterocycles. The van der Waals surface area contributed by atoms with Gasteiger partial charge in [0.1, 0.15) is 0 Å². The van der Waals surface area contributed by atoms with Gasteiger partial charge in [-0.05, 0) is 26.0 Å². The van der Waals surface area contributed by atoms with Crippen molar-refractivity contribution in [2.75, 3.05) is 6.54 Å². The number of benzene rings is 1. The smallest absolute Gasteiger partial charge is 0.283 e. The lowest BCUT2D eigenvalue weighted by atomic mass is 10.2. The lowest BCUT2D eigenvalue weighted by Crippen LogP contribution is -2.22. The van der Waals surface area contributed by atoms with Crippen LogP contribution in [-0.4, -0.2) is 33.8 Å². The number of thioether (sulfide) groups is 1. The van der Waals surface area contributed by atoms with Crippen molar-refractivity contribution in [1.29, 1.82) is 0 Å². The van der Waals surface area contributed by atoms with Crippen LogP contribution in [0.25, 0.3) is 0 Å². The van der Waals surface area contributed by atoms with E-state index in [9.17, 15) is 20.0 Å². The van der Waals surface area contributed by atoms with E-state index in [4.69, 9.17) is 0 Å². The fraction of sp³-hybridized carbons (Fsp3) is 0.462. The molecule has 0 aliphatic rings. The van der Waals surface area contributed by atoms with Gasteiger partial charge in [-0.1, -0.05) is 6.92 Å². The van der Waals surface area contributed by atoms with E-state index < -0.39 is 11.0 Å². The van der Waals surface area contributed by atoms with Gasteiger partial charge >= 0.3 is 0 Å². The predicted octanol–water partition coefficient (Wildman–Crippen LogP) is 2.21. The van der Waals surface area contributed by atoms with Gasteiger partial charge in [-0.25, -0.2) is 0 Å². The number of carbonyl (C=O) groups excluding carboxylic acids is 1. The van der Waals surface area contributed by atoms with E-state index in [1.165, 1.54) is 17.8 Å². The van der Waals surface area contributed by atoms with Crippen molar-refractivity contribution in [3.63, 3.8) is 0 Å². The fourth-order valence-corrected chi connectivity index (χ4v) is 2.46. The van der Waals surface area contributed by atoms with Crippen LogP contribution < -0.4 is 5.32 Å². The van der Waals surface area contributed by atoms with Crippen molar-refractivity contribution in [2.24, 2.45) is 0 Å². The Morgan fingerprint density at radius 1 is 1.50 bits per heavy atom. The first-order chi connectivity index (χ1) is 9.36. The van der Waals surface area contributed by atoms with Crippen LogP contribution in [0.15, 0.2) is 23.1 Å². The van der Waals surface area contributed by atoms with Gasteiger partial charge in [-0.15, -0.1) is 11.8 Å². The Kier molecular flexibility index (Phi) is 5.97. The SMILES string of the molecule is CCNC(=O)c1ccc(SC(C)C(C)O)c([N+](=O)[O-])c1. The van der Waals surface area contributed by atoms with Crippen molar-refractivity contribution in [1.82, 2.24) is 5.32 Å². The molecule has 2 atom stereocenters. The maximum atomic E-state index is 11.7. The number of amides is 1. The summed E-state index contributed by atoms with van der Waals surface area (Å²) in [6.45, 7) is 5.66. The zero-order valence-corrected chi connectivity index (χ0v) is 12.4. The third-order valence-electron chi connectivity index (χ3n) is 2.75. The lowest BCUT2D eigenvalue weighted by molar-refractivity contribution is -0.387. The second-order valence-corrected chi connectivity index (χ2v) is 5.78. The highest BCUT2D eigenvalue weighted by molar-refractivity contribution is 8.00. The highest BCUT2D eigenvalue weighted by atomic mass is 32.2. The van der Waals surface area contributed by atoms with E-state index in [0.29, 0.717) is 11.4 Å². The molecule has 6 nitrogen and oxygen atoms in total. The number of aliphatic hydroxyl groups is 1. The van der Waals surface area contributed by atoms with Crippen molar-refractivity contribution in [2.45, 2.75) is 37.0 Å². The normalized spacial score (nSPS) is 13.6. The molecular formula is C13H18N2O4S. The molecular weight excluding hydrogens is 280 g/mol. The summed E-state index contributed by atoms with van der Waals surface area (Å²) in [5.74, 6) is -0.337. The van der Waals surface area contributed by atoms with Gasteiger partial charge in [0.25, 0.3) is 11.6 Å². The number of hydrogen-bond acceptors (Lipinski definition) is 5. The van der Waals surface area contributed by atoms with E-state index in [-0.39, 0.29) is 22.4 Å². The number of hydrogen-bond donors (Lipinski definition) is 2. The van der Waals surface area contributed by atoms with Crippen LogP contribution in [-0.2, 0) is 0 Å². The van der Waals surface area contributed by atoms with Crippen LogP contribution in [0, 0.1) is 10.1 Å². The van der Waals surface area contributed by atoms with Crippen LogP contribution in [0.5, 0.6) is 0 Å². The Morgan fingerprint density at radius 3 is 2.65 bits per heavy atom. The summed E-state index contributed by atoms with van der Waals surface area (Å²) in [4.78, 5) is 22.7. The first-order valence-corrected chi connectivity index (χ1v) is 7.16. The third kappa shape index (κ3) is 4.21. The largest absolute Gasteiger partial charge is 0.392 e. The van der Waals surface area contributed by atoms with E-state index in [1.807, 2.05) is 0 Å². The molecule has 1 aromatic rings. The fourth-order valence-electron chi connectivity index (χ4n) is 1.46. The number of nitrogens with zero attached hydrogens (tertiary/aromatic N) is 1. The standard InChI is InChI=1S/C13H18N2O4S/c1-4-14-13(17)10-5-6-12(11(7-10)15(18)19)20-9(3)8(2)16/h5-9,16H,4H2,1-3H3,(H,14,17). The van der Waals surface area contributed by atoms with Crippen LogP contribution in [0.2, 0.25) is 0 Å². The average molecular weight is 298 g/mol. The van der Waals surface area contributed by atoms with Gasteiger partial charge in [-0.3, -0.25) is 14.9 Å². The minimum atomic E-state index is -0.581. The molecule has 0 spiro atoms. The number of nitrogens with one attached hydrogen (secondary N) is 1. The van der Waals surface area contributed by atoms with E-state index in [2.05, 4.69) is 5.32 Å². The molecule has 0 aromatic heterocycles. The highest BCUT2D eigenvalue weighted by Gasteiger charge is 2.21. The maximum Gasteiger partial charge on any atom is 0.283 e. The molecule has 0 radical (unpaired) electrons. The molecule has 7 heteroatoms. The maximum absolute atomic E-state index is 11.7. The lowest BCUT2D eigenvalue weighted by Gasteiger charge is -2.14. The quantitative estimate of drug-likeness (QED) is 0.477.